The minimum atomic E-state index is -0.546. The average molecular weight is 404 g/mol. The van der Waals surface area contributed by atoms with E-state index in [1.165, 1.54) is 32.1 Å². The van der Waals surface area contributed by atoms with Crippen molar-refractivity contribution in [2.75, 3.05) is 6.61 Å². The summed E-state index contributed by atoms with van der Waals surface area (Å²) in [4.78, 5) is 12.8. The van der Waals surface area contributed by atoms with Gasteiger partial charge in [-0.15, -0.1) is 0 Å². The number of esters is 1. The van der Waals surface area contributed by atoms with Crippen molar-refractivity contribution in [1.29, 1.82) is 5.26 Å². The highest BCUT2D eigenvalue weighted by molar-refractivity contribution is 6.05. The Bertz CT molecular complexity index is 793. The molecule has 3 heteroatoms. The van der Waals surface area contributed by atoms with Crippen molar-refractivity contribution in [3.8, 4) is 6.07 Å². The molecule has 0 aliphatic heterocycles. The van der Waals surface area contributed by atoms with Crippen LogP contribution >= 0.6 is 0 Å². The molecule has 2 aromatic carbocycles. The number of carbonyl (C=O) groups is 1. The standard InChI is InChI=1S/C27H33NO2/c1-3-4-5-6-7-10-15-22(2)21-30-27(29)25(20-28)26(23-16-11-8-12-17-23)24-18-13-9-14-19-24/h8-9,11-14,16-19,22H,3-7,10,15,21H2,1-2H3. The maximum atomic E-state index is 12.8. The summed E-state index contributed by atoms with van der Waals surface area (Å²) < 4.78 is 5.56. The Hall–Kier alpha value is -2.86. The van der Waals surface area contributed by atoms with Crippen LogP contribution in [0.5, 0.6) is 0 Å². The third kappa shape index (κ3) is 7.52. The SMILES string of the molecule is CCCCCCCCC(C)COC(=O)C(C#N)=C(c1ccccc1)c1ccccc1. The fraction of sp³-hybridized carbons (Fsp3) is 0.407. The van der Waals surface area contributed by atoms with Crippen LogP contribution < -0.4 is 0 Å². The van der Waals surface area contributed by atoms with Crippen LogP contribution in [0.4, 0.5) is 0 Å². The molecule has 0 bridgehead atoms. The van der Waals surface area contributed by atoms with Gasteiger partial charge in [-0.1, -0.05) is 113 Å². The molecule has 0 fully saturated rings. The van der Waals surface area contributed by atoms with Crippen molar-refractivity contribution in [3.63, 3.8) is 0 Å². The van der Waals surface area contributed by atoms with E-state index in [-0.39, 0.29) is 11.5 Å². The van der Waals surface area contributed by atoms with Gasteiger partial charge in [-0.25, -0.2) is 4.79 Å². The Morgan fingerprint density at radius 2 is 1.43 bits per heavy atom. The summed E-state index contributed by atoms with van der Waals surface area (Å²) in [7, 11) is 0. The fourth-order valence-electron chi connectivity index (χ4n) is 3.52. The molecule has 2 aromatic rings. The minimum absolute atomic E-state index is 0.0548. The summed E-state index contributed by atoms with van der Waals surface area (Å²) in [6, 6.07) is 21.2. The summed E-state index contributed by atoms with van der Waals surface area (Å²) >= 11 is 0. The molecule has 3 nitrogen and oxygen atoms in total. The van der Waals surface area contributed by atoms with Gasteiger partial charge in [0.1, 0.15) is 11.6 Å². The van der Waals surface area contributed by atoms with Gasteiger partial charge < -0.3 is 4.74 Å². The fourth-order valence-corrected chi connectivity index (χ4v) is 3.52. The molecule has 0 spiro atoms. The molecule has 0 N–H and O–H groups in total. The van der Waals surface area contributed by atoms with Gasteiger partial charge in [0.05, 0.1) is 6.61 Å². The van der Waals surface area contributed by atoms with Crippen molar-refractivity contribution in [2.24, 2.45) is 5.92 Å². The highest BCUT2D eigenvalue weighted by Crippen LogP contribution is 2.27. The van der Waals surface area contributed by atoms with Crippen molar-refractivity contribution in [3.05, 3.63) is 77.4 Å². The highest BCUT2D eigenvalue weighted by Gasteiger charge is 2.20. The Morgan fingerprint density at radius 3 is 1.97 bits per heavy atom. The van der Waals surface area contributed by atoms with E-state index in [4.69, 9.17) is 4.74 Å². The van der Waals surface area contributed by atoms with E-state index in [9.17, 15) is 10.1 Å². The van der Waals surface area contributed by atoms with E-state index in [2.05, 4.69) is 19.9 Å². The summed E-state index contributed by atoms with van der Waals surface area (Å²) in [6.07, 6.45) is 8.57. The number of carbonyl (C=O) groups excluding carboxylic acids is 1. The number of nitriles is 1. The molecule has 0 aliphatic rings. The second-order valence-corrected chi connectivity index (χ2v) is 7.85. The third-order valence-electron chi connectivity index (χ3n) is 5.24. The van der Waals surface area contributed by atoms with Gasteiger partial charge in [0.25, 0.3) is 0 Å². The molecule has 0 radical (unpaired) electrons. The van der Waals surface area contributed by atoms with Crippen LogP contribution in [0.15, 0.2) is 66.2 Å². The van der Waals surface area contributed by atoms with Crippen LogP contribution in [-0.4, -0.2) is 12.6 Å². The van der Waals surface area contributed by atoms with Crippen molar-refractivity contribution < 1.29 is 9.53 Å². The first-order valence-corrected chi connectivity index (χ1v) is 11.1. The zero-order valence-corrected chi connectivity index (χ0v) is 18.3. The first-order valence-electron chi connectivity index (χ1n) is 11.1. The molecule has 0 saturated carbocycles. The maximum Gasteiger partial charge on any atom is 0.349 e. The first-order chi connectivity index (χ1) is 14.7. The normalized spacial score (nSPS) is 11.4. The lowest BCUT2D eigenvalue weighted by Crippen LogP contribution is -2.15. The van der Waals surface area contributed by atoms with E-state index in [1.54, 1.807) is 0 Å². The van der Waals surface area contributed by atoms with Crippen LogP contribution in [0.25, 0.3) is 5.57 Å². The molecule has 0 saturated heterocycles. The van der Waals surface area contributed by atoms with Gasteiger partial charge in [-0.05, 0) is 23.5 Å². The predicted molar refractivity (Wildman–Crippen MR) is 123 cm³/mol. The molecule has 1 unspecified atom stereocenters. The lowest BCUT2D eigenvalue weighted by molar-refractivity contribution is -0.139. The predicted octanol–water partition coefficient (Wildman–Crippen LogP) is 6.94. The van der Waals surface area contributed by atoms with Gasteiger partial charge in [0, 0.05) is 5.57 Å². The van der Waals surface area contributed by atoms with Crippen molar-refractivity contribution in [2.45, 2.75) is 58.8 Å². The number of unbranched alkanes of at least 4 members (excludes halogenated alkanes) is 5. The molecule has 30 heavy (non-hydrogen) atoms. The molecular weight excluding hydrogens is 370 g/mol. The number of hydrogen-bond donors (Lipinski definition) is 0. The van der Waals surface area contributed by atoms with E-state index >= 15 is 0 Å². The topological polar surface area (TPSA) is 50.1 Å². The van der Waals surface area contributed by atoms with Gasteiger partial charge in [0.15, 0.2) is 0 Å². The average Bonchev–Trinajstić information content (AvgIpc) is 2.79. The molecule has 158 valence electrons. The molecule has 0 aromatic heterocycles. The van der Waals surface area contributed by atoms with Crippen LogP contribution in [0.1, 0.15) is 69.9 Å². The van der Waals surface area contributed by atoms with E-state index in [0.29, 0.717) is 12.2 Å². The Kier molecular flexibility index (Phi) is 10.4. The second kappa shape index (κ2) is 13.4. The highest BCUT2D eigenvalue weighted by atomic mass is 16.5. The third-order valence-corrected chi connectivity index (χ3v) is 5.24. The molecular formula is C27H33NO2. The second-order valence-electron chi connectivity index (χ2n) is 7.85. The first kappa shape index (κ1) is 23.4. The van der Waals surface area contributed by atoms with Crippen molar-refractivity contribution in [1.82, 2.24) is 0 Å². The van der Waals surface area contributed by atoms with Crippen LogP contribution in [0.2, 0.25) is 0 Å². The maximum absolute atomic E-state index is 12.8. The van der Waals surface area contributed by atoms with Gasteiger partial charge in [-0.2, -0.15) is 5.26 Å². The van der Waals surface area contributed by atoms with E-state index in [0.717, 1.165) is 24.0 Å². The largest absolute Gasteiger partial charge is 0.461 e. The summed E-state index contributed by atoms with van der Waals surface area (Å²) in [5.74, 6) is -0.257. The Morgan fingerprint density at radius 1 is 0.900 bits per heavy atom. The number of ether oxygens (including phenoxy) is 1. The quantitative estimate of drug-likeness (QED) is 0.167. The van der Waals surface area contributed by atoms with E-state index < -0.39 is 5.97 Å². The summed E-state index contributed by atoms with van der Waals surface area (Å²) in [5.41, 5.74) is 2.33. The Balaban J connectivity index is 2.05. The lowest BCUT2D eigenvalue weighted by Gasteiger charge is -2.14. The molecule has 1 atom stereocenters. The Labute approximate surface area is 181 Å². The zero-order valence-electron chi connectivity index (χ0n) is 18.3. The van der Waals surface area contributed by atoms with Gasteiger partial charge in [0.2, 0.25) is 0 Å². The summed E-state index contributed by atoms with van der Waals surface area (Å²) in [6.45, 7) is 4.67. The number of benzene rings is 2. The van der Waals surface area contributed by atoms with Gasteiger partial charge >= 0.3 is 5.97 Å². The lowest BCUT2D eigenvalue weighted by atomic mass is 9.93. The number of hydrogen-bond acceptors (Lipinski definition) is 3. The smallest absolute Gasteiger partial charge is 0.349 e. The van der Waals surface area contributed by atoms with Crippen LogP contribution in [-0.2, 0) is 9.53 Å². The van der Waals surface area contributed by atoms with Crippen LogP contribution in [0.3, 0.4) is 0 Å². The minimum Gasteiger partial charge on any atom is -0.461 e. The molecule has 2 rings (SSSR count). The zero-order chi connectivity index (χ0) is 21.6. The van der Waals surface area contributed by atoms with Gasteiger partial charge in [-0.3, -0.25) is 0 Å². The monoisotopic (exact) mass is 403 g/mol. The van der Waals surface area contributed by atoms with Crippen molar-refractivity contribution >= 4 is 11.5 Å². The van der Waals surface area contributed by atoms with E-state index in [1.807, 2.05) is 60.7 Å². The summed E-state index contributed by atoms with van der Waals surface area (Å²) in [5, 5.41) is 9.79. The number of nitrogens with zero attached hydrogens (tertiary/aromatic N) is 1. The number of rotatable bonds is 12. The van der Waals surface area contributed by atoms with Crippen LogP contribution in [0, 0.1) is 17.2 Å². The molecule has 0 heterocycles. The molecule has 0 aliphatic carbocycles. The molecule has 0 amide bonds.